The number of hydrogen-bond acceptors (Lipinski definition) is 6. The fourth-order valence-corrected chi connectivity index (χ4v) is 4.03. The second kappa shape index (κ2) is 10.2. The van der Waals surface area contributed by atoms with E-state index in [1.165, 1.54) is 17.9 Å². The summed E-state index contributed by atoms with van der Waals surface area (Å²) >= 11 is 0. The maximum absolute atomic E-state index is 14.9. The Hall–Kier alpha value is -3.86. The van der Waals surface area contributed by atoms with Crippen molar-refractivity contribution in [1.82, 2.24) is 15.1 Å². The lowest BCUT2D eigenvalue weighted by atomic mass is 10.0. The summed E-state index contributed by atoms with van der Waals surface area (Å²) in [5.74, 6) is -3.12. The number of methoxy groups -OCH3 is 1. The highest BCUT2D eigenvalue weighted by Crippen LogP contribution is 2.32. The minimum absolute atomic E-state index is 0.0292. The van der Waals surface area contributed by atoms with Crippen molar-refractivity contribution in [3.63, 3.8) is 0 Å². The molecule has 1 saturated heterocycles. The molecule has 8 nitrogen and oxygen atoms in total. The summed E-state index contributed by atoms with van der Waals surface area (Å²) in [4.78, 5) is 24.2. The molecule has 3 aromatic rings. The SMILES string of the molecule is COc1ccc(F)cc1C(=O)NCc1c(F)cc(-c2nn(C3CCOCC3)c(N)c2C=O)cc1F. The van der Waals surface area contributed by atoms with Gasteiger partial charge in [0, 0.05) is 30.9 Å². The lowest BCUT2D eigenvalue weighted by Crippen LogP contribution is -2.24. The molecule has 1 fully saturated rings. The van der Waals surface area contributed by atoms with E-state index in [0.717, 1.165) is 24.3 Å². The van der Waals surface area contributed by atoms with Crippen molar-refractivity contribution >= 4 is 18.0 Å². The van der Waals surface area contributed by atoms with Gasteiger partial charge >= 0.3 is 0 Å². The molecule has 1 aliphatic heterocycles. The van der Waals surface area contributed by atoms with E-state index in [1.54, 1.807) is 0 Å². The number of carbonyl (C=O) groups is 2. The molecule has 4 rings (SSSR count). The van der Waals surface area contributed by atoms with Crippen molar-refractivity contribution in [2.75, 3.05) is 26.1 Å². The molecule has 11 heteroatoms. The highest BCUT2D eigenvalue weighted by molar-refractivity contribution is 5.97. The molecule has 0 aliphatic carbocycles. The number of ether oxygens (including phenoxy) is 2. The van der Waals surface area contributed by atoms with E-state index in [9.17, 15) is 22.8 Å². The summed E-state index contributed by atoms with van der Waals surface area (Å²) in [5.41, 5.74) is 5.71. The maximum Gasteiger partial charge on any atom is 0.255 e. The summed E-state index contributed by atoms with van der Waals surface area (Å²) in [6.07, 6.45) is 1.78. The van der Waals surface area contributed by atoms with Gasteiger partial charge in [0.1, 0.15) is 34.7 Å². The molecule has 0 unspecified atom stereocenters. The van der Waals surface area contributed by atoms with Gasteiger partial charge in [0.2, 0.25) is 0 Å². The highest BCUT2D eigenvalue weighted by Gasteiger charge is 2.25. The molecule has 35 heavy (non-hydrogen) atoms. The number of nitrogens with zero attached hydrogens (tertiary/aromatic N) is 2. The first-order valence-electron chi connectivity index (χ1n) is 10.8. The lowest BCUT2D eigenvalue weighted by molar-refractivity contribution is 0.0669. The molecule has 1 aliphatic rings. The minimum atomic E-state index is -0.956. The molecule has 2 heterocycles. The normalized spacial score (nSPS) is 14.1. The second-order valence-electron chi connectivity index (χ2n) is 8.00. The predicted octanol–water partition coefficient (Wildman–Crippen LogP) is 3.65. The average Bonchev–Trinajstić information content (AvgIpc) is 3.19. The zero-order valence-corrected chi connectivity index (χ0v) is 18.8. The van der Waals surface area contributed by atoms with Crippen LogP contribution in [0.3, 0.4) is 0 Å². The van der Waals surface area contributed by atoms with Gasteiger partial charge in [-0.25, -0.2) is 17.9 Å². The number of hydrogen-bond donors (Lipinski definition) is 2. The van der Waals surface area contributed by atoms with E-state index in [-0.39, 0.29) is 40.0 Å². The number of nitrogen functional groups attached to an aromatic ring is 1. The van der Waals surface area contributed by atoms with E-state index in [4.69, 9.17) is 15.2 Å². The van der Waals surface area contributed by atoms with Crippen LogP contribution in [-0.4, -0.2) is 42.3 Å². The van der Waals surface area contributed by atoms with Gasteiger partial charge in [-0.3, -0.25) is 9.59 Å². The summed E-state index contributed by atoms with van der Waals surface area (Å²) < 4.78 is 55.2. The van der Waals surface area contributed by atoms with Gasteiger partial charge < -0.3 is 20.5 Å². The van der Waals surface area contributed by atoms with Gasteiger partial charge in [-0.1, -0.05) is 0 Å². The third kappa shape index (κ3) is 4.85. The average molecular weight is 488 g/mol. The Balaban J connectivity index is 1.59. The van der Waals surface area contributed by atoms with Crippen LogP contribution in [0.25, 0.3) is 11.3 Å². The topological polar surface area (TPSA) is 108 Å². The van der Waals surface area contributed by atoms with Gasteiger partial charge in [-0.05, 0) is 43.2 Å². The zero-order chi connectivity index (χ0) is 25.1. The number of carbonyl (C=O) groups excluding carboxylic acids is 2. The summed E-state index contributed by atoms with van der Waals surface area (Å²) in [7, 11) is 1.31. The van der Waals surface area contributed by atoms with Gasteiger partial charge in [0.05, 0.1) is 24.3 Å². The van der Waals surface area contributed by atoms with E-state index >= 15 is 0 Å². The Morgan fingerprint density at radius 2 is 1.91 bits per heavy atom. The van der Waals surface area contributed by atoms with Gasteiger partial charge in [0.25, 0.3) is 5.91 Å². The number of benzene rings is 2. The van der Waals surface area contributed by atoms with Crippen molar-refractivity contribution in [2.45, 2.75) is 25.4 Å². The summed E-state index contributed by atoms with van der Waals surface area (Å²) in [5, 5.41) is 6.74. The zero-order valence-electron chi connectivity index (χ0n) is 18.8. The van der Waals surface area contributed by atoms with E-state index in [2.05, 4.69) is 10.4 Å². The second-order valence-corrected chi connectivity index (χ2v) is 8.00. The van der Waals surface area contributed by atoms with Crippen molar-refractivity contribution in [3.8, 4) is 17.0 Å². The maximum atomic E-state index is 14.9. The number of nitrogens with one attached hydrogen (secondary N) is 1. The Bertz CT molecular complexity index is 1250. The number of halogens is 3. The van der Waals surface area contributed by atoms with Crippen molar-refractivity contribution < 1.29 is 32.2 Å². The van der Waals surface area contributed by atoms with E-state index < -0.39 is 35.5 Å². The van der Waals surface area contributed by atoms with Crippen LogP contribution in [0, 0.1) is 17.5 Å². The van der Waals surface area contributed by atoms with Crippen LogP contribution in [-0.2, 0) is 11.3 Å². The van der Waals surface area contributed by atoms with Crippen LogP contribution < -0.4 is 15.8 Å². The fraction of sp³-hybridized carbons (Fsp3) is 0.292. The molecule has 2 aromatic carbocycles. The molecule has 0 saturated carbocycles. The highest BCUT2D eigenvalue weighted by atomic mass is 19.1. The fourth-order valence-electron chi connectivity index (χ4n) is 4.03. The summed E-state index contributed by atoms with van der Waals surface area (Å²) in [6.45, 7) is 0.525. The van der Waals surface area contributed by atoms with Crippen molar-refractivity contribution in [2.24, 2.45) is 0 Å². The van der Waals surface area contributed by atoms with Crippen LogP contribution in [0.15, 0.2) is 30.3 Å². The van der Waals surface area contributed by atoms with Crippen LogP contribution in [0.5, 0.6) is 5.75 Å². The van der Waals surface area contributed by atoms with Crippen molar-refractivity contribution in [1.29, 1.82) is 0 Å². The Morgan fingerprint density at radius 3 is 2.54 bits per heavy atom. The van der Waals surface area contributed by atoms with E-state index in [1.807, 2.05) is 0 Å². The molecule has 0 bridgehead atoms. The molecule has 0 atom stereocenters. The number of aromatic nitrogens is 2. The summed E-state index contributed by atoms with van der Waals surface area (Å²) in [6, 6.07) is 5.31. The molecular weight excluding hydrogens is 465 g/mol. The molecule has 1 amide bonds. The van der Waals surface area contributed by atoms with Crippen LogP contribution in [0.4, 0.5) is 19.0 Å². The van der Waals surface area contributed by atoms with E-state index in [0.29, 0.717) is 32.3 Å². The first kappa shape index (κ1) is 24.3. The Kier molecular flexibility index (Phi) is 7.06. The van der Waals surface area contributed by atoms with Gasteiger partial charge in [0.15, 0.2) is 6.29 Å². The predicted molar refractivity (Wildman–Crippen MR) is 121 cm³/mol. The number of rotatable bonds is 7. The van der Waals surface area contributed by atoms with Crippen LogP contribution in [0.2, 0.25) is 0 Å². The molecule has 3 N–H and O–H groups in total. The molecule has 184 valence electrons. The first-order valence-corrected chi connectivity index (χ1v) is 10.8. The van der Waals surface area contributed by atoms with Crippen LogP contribution >= 0.6 is 0 Å². The largest absolute Gasteiger partial charge is 0.496 e. The standard InChI is InChI=1S/C24H23F3N4O4/c1-34-21-3-2-14(25)10-16(21)24(33)29-11-17-19(26)8-13(9-20(17)27)22-18(12-32)23(28)31(30-22)15-4-6-35-7-5-15/h2-3,8-10,12,15H,4-7,11,28H2,1H3,(H,29,33). The van der Waals surface area contributed by atoms with Gasteiger partial charge in [-0.15, -0.1) is 0 Å². The number of nitrogens with two attached hydrogens (primary N) is 1. The van der Waals surface area contributed by atoms with Crippen LogP contribution in [0.1, 0.15) is 45.2 Å². The Morgan fingerprint density at radius 1 is 1.23 bits per heavy atom. The number of aldehydes is 1. The molecule has 1 aromatic heterocycles. The molecule has 0 spiro atoms. The Labute approximate surface area is 198 Å². The smallest absolute Gasteiger partial charge is 0.255 e. The van der Waals surface area contributed by atoms with Crippen molar-refractivity contribution in [3.05, 3.63) is 64.5 Å². The molecule has 0 radical (unpaired) electrons. The quantitative estimate of drug-likeness (QED) is 0.492. The monoisotopic (exact) mass is 488 g/mol. The molecular formula is C24H23F3N4O4. The third-order valence-electron chi connectivity index (χ3n) is 5.89. The minimum Gasteiger partial charge on any atom is -0.496 e. The number of anilines is 1. The number of amides is 1. The van der Waals surface area contributed by atoms with Gasteiger partial charge in [-0.2, -0.15) is 5.10 Å². The first-order chi connectivity index (χ1) is 16.8. The third-order valence-corrected chi connectivity index (χ3v) is 5.89. The lowest BCUT2D eigenvalue weighted by Gasteiger charge is -2.23.